The summed E-state index contributed by atoms with van der Waals surface area (Å²) < 4.78 is 28.5. The van der Waals surface area contributed by atoms with Crippen LogP contribution in [0.25, 0.3) is 0 Å². The molecule has 0 amide bonds. The summed E-state index contributed by atoms with van der Waals surface area (Å²) in [5, 5.41) is 3.17. The standard InChI is InChI=1S/C13H29N3O2S/c1-5-8-16(12(2)3)19(17,18)15-9-6-13(7-10-15)11-14-4/h12-14H,5-11H2,1-4H3. The highest BCUT2D eigenvalue weighted by molar-refractivity contribution is 7.86. The van der Waals surface area contributed by atoms with E-state index in [0.717, 1.165) is 25.8 Å². The van der Waals surface area contributed by atoms with Crippen LogP contribution in [0.5, 0.6) is 0 Å². The molecule has 0 radical (unpaired) electrons. The predicted octanol–water partition coefficient (Wildman–Crippen LogP) is 1.28. The monoisotopic (exact) mass is 291 g/mol. The fourth-order valence-corrected chi connectivity index (χ4v) is 4.56. The summed E-state index contributed by atoms with van der Waals surface area (Å²) in [4.78, 5) is 0. The van der Waals surface area contributed by atoms with Gasteiger partial charge >= 0.3 is 0 Å². The summed E-state index contributed by atoms with van der Waals surface area (Å²) in [5.74, 6) is 0.607. The highest BCUT2D eigenvalue weighted by Crippen LogP contribution is 2.22. The molecule has 6 heteroatoms. The van der Waals surface area contributed by atoms with Gasteiger partial charge in [0.1, 0.15) is 0 Å². The highest BCUT2D eigenvalue weighted by atomic mass is 32.2. The molecule has 1 rings (SSSR count). The van der Waals surface area contributed by atoms with Crippen molar-refractivity contribution in [3.05, 3.63) is 0 Å². The quantitative estimate of drug-likeness (QED) is 0.769. The molecule has 5 nitrogen and oxygen atoms in total. The van der Waals surface area contributed by atoms with E-state index >= 15 is 0 Å². The summed E-state index contributed by atoms with van der Waals surface area (Å²) in [7, 11) is -1.33. The highest BCUT2D eigenvalue weighted by Gasteiger charge is 2.33. The van der Waals surface area contributed by atoms with Gasteiger partial charge < -0.3 is 5.32 Å². The number of piperidine rings is 1. The summed E-state index contributed by atoms with van der Waals surface area (Å²) in [5.41, 5.74) is 0. The number of nitrogens with zero attached hydrogens (tertiary/aromatic N) is 2. The molecule has 1 heterocycles. The van der Waals surface area contributed by atoms with Gasteiger partial charge in [-0.15, -0.1) is 0 Å². The molecule has 0 spiro atoms. The Morgan fingerprint density at radius 2 is 1.89 bits per heavy atom. The average molecular weight is 291 g/mol. The van der Waals surface area contributed by atoms with E-state index in [2.05, 4.69) is 5.32 Å². The van der Waals surface area contributed by atoms with Crippen LogP contribution in [0.15, 0.2) is 0 Å². The van der Waals surface area contributed by atoms with E-state index < -0.39 is 10.2 Å². The first-order valence-electron chi connectivity index (χ1n) is 7.35. The summed E-state index contributed by atoms with van der Waals surface area (Å²) in [6.45, 7) is 8.81. The topological polar surface area (TPSA) is 52.7 Å². The van der Waals surface area contributed by atoms with Crippen LogP contribution in [0.1, 0.15) is 40.0 Å². The van der Waals surface area contributed by atoms with Crippen molar-refractivity contribution in [3.63, 3.8) is 0 Å². The van der Waals surface area contributed by atoms with Gasteiger partial charge in [-0.2, -0.15) is 17.0 Å². The molecule has 1 N–H and O–H groups in total. The van der Waals surface area contributed by atoms with Gasteiger partial charge in [0.05, 0.1) is 0 Å². The maximum absolute atomic E-state index is 12.6. The van der Waals surface area contributed by atoms with Gasteiger partial charge in [0.25, 0.3) is 10.2 Å². The zero-order chi connectivity index (χ0) is 14.5. The molecule has 1 fully saturated rings. The van der Waals surface area contributed by atoms with Crippen LogP contribution >= 0.6 is 0 Å². The van der Waals surface area contributed by atoms with Crippen molar-refractivity contribution in [2.75, 3.05) is 33.2 Å². The molecule has 0 aromatic heterocycles. The molecule has 1 saturated heterocycles. The minimum absolute atomic E-state index is 0.0278. The third-order valence-electron chi connectivity index (χ3n) is 3.71. The zero-order valence-corrected chi connectivity index (χ0v) is 13.5. The molecule has 0 unspecified atom stereocenters. The minimum atomic E-state index is -3.28. The van der Waals surface area contributed by atoms with E-state index in [-0.39, 0.29) is 6.04 Å². The van der Waals surface area contributed by atoms with Gasteiger partial charge in [-0.05, 0) is 52.6 Å². The van der Waals surface area contributed by atoms with Crippen molar-refractivity contribution in [1.82, 2.24) is 13.9 Å². The Morgan fingerprint density at radius 3 is 2.32 bits per heavy atom. The van der Waals surface area contributed by atoms with Crippen molar-refractivity contribution in [1.29, 1.82) is 0 Å². The first-order chi connectivity index (χ1) is 8.93. The number of hydrogen-bond acceptors (Lipinski definition) is 3. The van der Waals surface area contributed by atoms with Gasteiger partial charge in [-0.3, -0.25) is 0 Å². The van der Waals surface area contributed by atoms with E-state index in [0.29, 0.717) is 25.6 Å². The van der Waals surface area contributed by atoms with Crippen LogP contribution in [0.2, 0.25) is 0 Å². The largest absolute Gasteiger partial charge is 0.319 e. The molecule has 0 saturated carbocycles. The third-order valence-corrected chi connectivity index (χ3v) is 5.92. The molecular formula is C13H29N3O2S. The Labute approximate surface area is 118 Å². The normalized spacial score (nSPS) is 19.5. The van der Waals surface area contributed by atoms with Crippen molar-refractivity contribution in [3.8, 4) is 0 Å². The number of nitrogens with one attached hydrogen (secondary N) is 1. The van der Waals surface area contributed by atoms with E-state index in [1.165, 1.54) is 0 Å². The Hall–Kier alpha value is -0.170. The van der Waals surface area contributed by atoms with Crippen LogP contribution in [0, 0.1) is 5.92 Å². The predicted molar refractivity (Wildman–Crippen MR) is 79.3 cm³/mol. The average Bonchev–Trinajstić information content (AvgIpc) is 2.36. The third kappa shape index (κ3) is 4.41. The summed E-state index contributed by atoms with van der Waals surface area (Å²) in [6.07, 6.45) is 2.77. The van der Waals surface area contributed by atoms with Crippen LogP contribution in [0.4, 0.5) is 0 Å². The van der Waals surface area contributed by atoms with E-state index in [4.69, 9.17) is 0 Å². The van der Waals surface area contributed by atoms with E-state index in [1.54, 1.807) is 8.61 Å². The summed E-state index contributed by atoms with van der Waals surface area (Å²) >= 11 is 0. The van der Waals surface area contributed by atoms with Crippen LogP contribution in [0.3, 0.4) is 0 Å². The second-order valence-corrected chi connectivity index (χ2v) is 7.49. The first kappa shape index (κ1) is 16.9. The Kier molecular flexibility index (Phi) is 6.73. The number of rotatable bonds is 7. The van der Waals surface area contributed by atoms with Gasteiger partial charge in [-0.1, -0.05) is 6.92 Å². The SMILES string of the molecule is CCCN(C(C)C)S(=O)(=O)N1CCC(CNC)CC1. The maximum atomic E-state index is 12.6. The second kappa shape index (κ2) is 7.57. The smallest absolute Gasteiger partial charge is 0.282 e. The molecule has 114 valence electrons. The molecule has 0 aromatic rings. The molecule has 0 bridgehead atoms. The lowest BCUT2D eigenvalue weighted by Crippen LogP contribution is -2.50. The maximum Gasteiger partial charge on any atom is 0.282 e. The van der Waals surface area contributed by atoms with Gasteiger partial charge in [0.15, 0.2) is 0 Å². The molecule has 1 aliphatic rings. The summed E-state index contributed by atoms with van der Waals surface area (Å²) in [6, 6.07) is 0.0278. The Bertz CT molecular complexity index is 349. The molecule has 0 atom stereocenters. The molecule has 19 heavy (non-hydrogen) atoms. The van der Waals surface area contributed by atoms with Gasteiger partial charge in [0, 0.05) is 25.7 Å². The second-order valence-electron chi connectivity index (χ2n) is 5.61. The van der Waals surface area contributed by atoms with Gasteiger partial charge in [0.2, 0.25) is 0 Å². The molecular weight excluding hydrogens is 262 g/mol. The lowest BCUT2D eigenvalue weighted by Gasteiger charge is -2.36. The van der Waals surface area contributed by atoms with Crippen LogP contribution in [-0.2, 0) is 10.2 Å². The lowest BCUT2D eigenvalue weighted by atomic mass is 9.98. The van der Waals surface area contributed by atoms with Crippen molar-refractivity contribution < 1.29 is 8.42 Å². The zero-order valence-electron chi connectivity index (χ0n) is 12.7. The van der Waals surface area contributed by atoms with Crippen molar-refractivity contribution in [2.24, 2.45) is 5.92 Å². The minimum Gasteiger partial charge on any atom is -0.319 e. The molecule has 1 aliphatic heterocycles. The first-order valence-corrected chi connectivity index (χ1v) is 8.74. The fourth-order valence-electron chi connectivity index (χ4n) is 2.64. The van der Waals surface area contributed by atoms with Crippen molar-refractivity contribution in [2.45, 2.75) is 46.1 Å². The van der Waals surface area contributed by atoms with E-state index in [1.807, 2.05) is 27.8 Å². The lowest BCUT2D eigenvalue weighted by molar-refractivity contribution is 0.242. The molecule has 0 aliphatic carbocycles. The van der Waals surface area contributed by atoms with E-state index in [9.17, 15) is 8.42 Å². The van der Waals surface area contributed by atoms with Gasteiger partial charge in [-0.25, -0.2) is 0 Å². The fraction of sp³-hybridized carbons (Fsp3) is 1.00. The molecule has 0 aromatic carbocycles. The number of hydrogen-bond donors (Lipinski definition) is 1. The Balaban J connectivity index is 2.68. The van der Waals surface area contributed by atoms with Crippen LogP contribution < -0.4 is 5.32 Å². The van der Waals surface area contributed by atoms with Crippen LogP contribution in [-0.4, -0.2) is 56.3 Å². The Morgan fingerprint density at radius 1 is 1.32 bits per heavy atom. The van der Waals surface area contributed by atoms with Crippen molar-refractivity contribution >= 4 is 10.2 Å².